The Kier molecular flexibility index (Phi) is 5.54. The fourth-order valence-corrected chi connectivity index (χ4v) is 1.77. The van der Waals surface area contributed by atoms with Crippen molar-refractivity contribution in [2.24, 2.45) is 5.73 Å². The quantitative estimate of drug-likeness (QED) is 0.602. The molecular weight excluding hydrogens is 146 g/mol. The summed E-state index contributed by atoms with van der Waals surface area (Å²) in [6.07, 6.45) is 0.847. The van der Waals surface area contributed by atoms with Crippen molar-refractivity contribution in [1.82, 2.24) is 0 Å². The van der Waals surface area contributed by atoms with E-state index in [0.717, 1.165) is 12.0 Å². The zero-order valence-corrected chi connectivity index (χ0v) is 7.25. The van der Waals surface area contributed by atoms with Gasteiger partial charge in [0.2, 0.25) is 0 Å². The predicted octanol–water partition coefficient (Wildman–Crippen LogP) is 0.660. The smallest absolute Gasteiger partial charge is 0.0439 e. The Morgan fingerprint density at radius 1 is 1.70 bits per heavy atom. The summed E-state index contributed by atoms with van der Waals surface area (Å²) in [5.41, 5.74) is 6.23. The molecule has 10 heavy (non-hydrogen) atoms. The highest BCUT2D eigenvalue weighted by Gasteiger charge is 1.97. The first-order valence-corrected chi connectivity index (χ1v) is 4.85. The van der Waals surface area contributed by atoms with E-state index in [4.69, 9.17) is 5.73 Å². The standard InChI is InChI=1S/C7H15NOS/c1-7(2)6-10(9)5-3-4-8/h1,3-6,8H2,2H3. The van der Waals surface area contributed by atoms with Crippen molar-refractivity contribution in [2.75, 3.05) is 18.1 Å². The van der Waals surface area contributed by atoms with Crippen LogP contribution in [-0.4, -0.2) is 22.3 Å². The molecule has 0 radical (unpaired) electrons. The third-order valence-corrected chi connectivity index (χ3v) is 2.54. The Hall–Kier alpha value is -0.150. The molecule has 0 rings (SSSR count). The van der Waals surface area contributed by atoms with Gasteiger partial charge in [0.1, 0.15) is 0 Å². The van der Waals surface area contributed by atoms with Crippen LogP contribution in [0, 0.1) is 0 Å². The molecule has 0 aromatic rings. The molecule has 1 unspecified atom stereocenters. The molecule has 0 heterocycles. The summed E-state index contributed by atoms with van der Waals surface area (Å²) in [5, 5.41) is 0. The molecule has 60 valence electrons. The van der Waals surface area contributed by atoms with Crippen LogP contribution < -0.4 is 5.73 Å². The third kappa shape index (κ3) is 5.98. The van der Waals surface area contributed by atoms with E-state index in [2.05, 4.69) is 6.58 Å². The third-order valence-electron chi connectivity index (χ3n) is 0.984. The molecule has 0 saturated carbocycles. The van der Waals surface area contributed by atoms with Gasteiger partial charge in [-0.3, -0.25) is 4.21 Å². The van der Waals surface area contributed by atoms with E-state index in [0.29, 0.717) is 18.1 Å². The molecular formula is C7H15NOS. The zero-order valence-electron chi connectivity index (χ0n) is 6.43. The van der Waals surface area contributed by atoms with Gasteiger partial charge in [-0.2, -0.15) is 0 Å². The van der Waals surface area contributed by atoms with Crippen LogP contribution in [0.15, 0.2) is 12.2 Å². The molecule has 2 nitrogen and oxygen atoms in total. The van der Waals surface area contributed by atoms with Gasteiger partial charge in [-0.05, 0) is 19.9 Å². The lowest BCUT2D eigenvalue weighted by Crippen LogP contribution is -2.08. The van der Waals surface area contributed by atoms with E-state index in [-0.39, 0.29) is 0 Å². The molecule has 0 aliphatic carbocycles. The molecule has 0 aliphatic heterocycles. The van der Waals surface area contributed by atoms with Gasteiger partial charge in [0.15, 0.2) is 0 Å². The first kappa shape index (κ1) is 9.85. The van der Waals surface area contributed by atoms with Crippen molar-refractivity contribution in [2.45, 2.75) is 13.3 Å². The van der Waals surface area contributed by atoms with Crippen molar-refractivity contribution in [3.8, 4) is 0 Å². The van der Waals surface area contributed by atoms with Crippen LogP contribution >= 0.6 is 0 Å². The lowest BCUT2D eigenvalue weighted by molar-refractivity contribution is 0.682. The van der Waals surface area contributed by atoms with E-state index in [1.807, 2.05) is 6.92 Å². The van der Waals surface area contributed by atoms with Gasteiger partial charge in [-0.1, -0.05) is 12.2 Å². The maximum atomic E-state index is 11.0. The van der Waals surface area contributed by atoms with Gasteiger partial charge in [0, 0.05) is 22.3 Å². The lowest BCUT2D eigenvalue weighted by atomic mass is 10.4. The fraction of sp³-hybridized carbons (Fsp3) is 0.714. The monoisotopic (exact) mass is 161 g/mol. The summed E-state index contributed by atoms with van der Waals surface area (Å²) >= 11 is 0. The Bertz CT molecular complexity index is 134. The summed E-state index contributed by atoms with van der Waals surface area (Å²) < 4.78 is 11.0. The minimum Gasteiger partial charge on any atom is -0.330 e. The molecule has 0 amide bonds. The summed E-state index contributed by atoms with van der Waals surface area (Å²) in [4.78, 5) is 0. The summed E-state index contributed by atoms with van der Waals surface area (Å²) in [6.45, 7) is 6.20. The van der Waals surface area contributed by atoms with E-state index in [1.165, 1.54) is 0 Å². The Morgan fingerprint density at radius 2 is 2.30 bits per heavy atom. The first-order valence-electron chi connectivity index (χ1n) is 3.36. The highest BCUT2D eigenvalue weighted by atomic mass is 32.2. The average Bonchev–Trinajstić information content (AvgIpc) is 1.82. The number of nitrogens with two attached hydrogens (primary N) is 1. The highest BCUT2D eigenvalue weighted by Crippen LogP contribution is 1.93. The van der Waals surface area contributed by atoms with Crippen LogP contribution in [0.2, 0.25) is 0 Å². The average molecular weight is 161 g/mol. The fourth-order valence-electron chi connectivity index (χ4n) is 0.591. The SMILES string of the molecule is C=C(C)CS(=O)CCCN. The molecule has 0 aromatic carbocycles. The second-order valence-corrected chi connectivity index (χ2v) is 3.96. The van der Waals surface area contributed by atoms with Gasteiger partial charge in [0.25, 0.3) is 0 Å². The topological polar surface area (TPSA) is 43.1 Å². The largest absolute Gasteiger partial charge is 0.330 e. The molecule has 0 aliphatic rings. The minimum absolute atomic E-state index is 0.625. The van der Waals surface area contributed by atoms with Gasteiger partial charge < -0.3 is 5.73 Å². The summed E-state index contributed by atoms with van der Waals surface area (Å²) in [6, 6.07) is 0. The Morgan fingerprint density at radius 3 is 2.70 bits per heavy atom. The van der Waals surface area contributed by atoms with Crippen LogP contribution in [0.3, 0.4) is 0 Å². The molecule has 0 saturated heterocycles. The van der Waals surface area contributed by atoms with Crippen molar-refractivity contribution in [3.63, 3.8) is 0 Å². The molecule has 1 atom stereocenters. The molecule has 0 spiro atoms. The van der Waals surface area contributed by atoms with Crippen molar-refractivity contribution < 1.29 is 4.21 Å². The van der Waals surface area contributed by atoms with Crippen molar-refractivity contribution >= 4 is 10.8 Å². The van der Waals surface area contributed by atoms with Crippen LogP contribution in [-0.2, 0) is 10.8 Å². The van der Waals surface area contributed by atoms with E-state index in [1.54, 1.807) is 0 Å². The Labute approximate surface area is 65.0 Å². The number of hydrogen-bond acceptors (Lipinski definition) is 2. The van der Waals surface area contributed by atoms with Crippen LogP contribution in [0.4, 0.5) is 0 Å². The van der Waals surface area contributed by atoms with Gasteiger partial charge in [0.05, 0.1) is 0 Å². The number of hydrogen-bond donors (Lipinski definition) is 1. The summed E-state index contributed by atoms with van der Waals surface area (Å²) in [5.74, 6) is 1.34. The second kappa shape index (κ2) is 5.62. The van der Waals surface area contributed by atoms with Crippen LogP contribution in [0.5, 0.6) is 0 Å². The van der Waals surface area contributed by atoms with Gasteiger partial charge in [-0.25, -0.2) is 0 Å². The Balaban J connectivity index is 3.35. The normalized spacial score (nSPS) is 13.0. The maximum absolute atomic E-state index is 11.0. The van der Waals surface area contributed by atoms with E-state index >= 15 is 0 Å². The minimum atomic E-state index is -0.730. The van der Waals surface area contributed by atoms with Crippen LogP contribution in [0.1, 0.15) is 13.3 Å². The maximum Gasteiger partial charge on any atom is 0.0439 e. The molecule has 0 aromatic heterocycles. The molecule has 0 bridgehead atoms. The molecule has 3 heteroatoms. The molecule has 2 N–H and O–H groups in total. The number of rotatable bonds is 5. The van der Waals surface area contributed by atoms with E-state index in [9.17, 15) is 4.21 Å². The van der Waals surface area contributed by atoms with Crippen LogP contribution in [0.25, 0.3) is 0 Å². The highest BCUT2D eigenvalue weighted by molar-refractivity contribution is 7.85. The van der Waals surface area contributed by atoms with Gasteiger partial charge in [-0.15, -0.1) is 0 Å². The lowest BCUT2D eigenvalue weighted by Gasteiger charge is -1.98. The zero-order chi connectivity index (χ0) is 7.98. The molecule has 0 fully saturated rings. The van der Waals surface area contributed by atoms with Crippen molar-refractivity contribution in [1.29, 1.82) is 0 Å². The second-order valence-electron chi connectivity index (χ2n) is 2.39. The van der Waals surface area contributed by atoms with Gasteiger partial charge >= 0.3 is 0 Å². The van der Waals surface area contributed by atoms with E-state index < -0.39 is 10.8 Å². The first-order chi connectivity index (χ1) is 4.66. The summed E-state index contributed by atoms with van der Waals surface area (Å²) in [7, 11) is -0.730. The predicted molar refractivity (Wildman–Crippen MR) is 46.4 cm³/mol. The van der Waals surface area contributed by atoms with Crippen molar-refractivity contribution in [3.05, 3.63) is 12.2 Å².